The van der Waals surface area contributed by atoms with Crippen molar-refractivity contribution in [3.8, 4) is 0 Å². The highest BCUT2D eigenvalue weighted by Gasteiger charge is 2.81. The van der Waals surface area contributed by atoms with E-state index in [2.05, 4.69) is 0 Å². The summed E-state index contributed by atoms with van der Waals surface area (Å²) in [6, 6.07) is -1.57. The lowest BCUT2D eigenvalue weighted by Gasteiger charge is -2.59. The molecule has 31 heavy (non-hydrogen) atoms. The van der Waals surface area contributed by atoms with E-state index in [4.69, 9.17) is 0 Å². The predicted octanol–water partition coefficient (Wildman–Crippen LogP) is -5.38. The summed E-state index contributed by atoms with van der Waals surface area (Å²) in [6.07, 6.45) is -0.511. The summed E-state index contributed by atoms with van der Waals surface area (Å²) >= 11 is 0. The Morgan fingerprint density at radius 1 is 0.677 bits per heavy atom. The first kappa shape index (κ1) is 27.9. The number of Topliss-reactive ketones (excluding diaryl/α,β-unsaturated/α-hetero) is 2. The summed E-state index contributed by atoms with van der Waals surface area (Å²) in [5.41, 5.74) is -4.16. The summed E-state index contributed by atoms with van der Waals surface area (Å²) in [5.74, 6) is -2.22. The van der Waals surface area contributed by atoms with Crippen molar-refractivity contribution >= 4 is 11.6 Å². The lowest BCUT2D eigenvalue weighted by atomic mass is 9.64. The normalized spacial score (nSPS) is 22.1. The lowest BCUT2D eigenvalue weighted by molar-refractivity contribution is -1.18. The van der Waals surface area contributed by atoms with Gasteiger partial charge in [0.05, 0.1) is 0 Å². The number of carbonyl (C=O) groups excluding carboxylic acids is 2. The molecule has 1 rings (SSSR count). The number of aliphatic hydroxyl groups is 9. The van der Waals surface area contributed by atoms with Crippen LogP contribution in [0.1, 0.15) is 20.3 Å². The molecule has 0 saturated heterocycles. The van der Waals surface area contributed by atoms with Gasteiger partial charge in [-0.1, -0.05) is 13.8 Å². The number of aliphatic hydroxyl groups excluding tert-OH is 9. The number of carbonyl (C=O) groups is 2. The fourth-order valence-corrected chi connectivity index (χ4v) is 5.01. The number of hydrogen-bond acceptors (Lipinski definition) is 11. The van der Waals surface area contributed by atoms with Crippen LogP contribution in [0.2, 0.25) is 0 Å². The Kier molecular flexibility index (Phi) is 8.80. The molecule has 1 fully saturated rings. The Morgan fingerprint density at radius 3 is 1.26 bits per heavy atom. The monoisotopic (exact) mass is 458 g/mol. The molecule has 1 unspecified atom stereocenters. The maximum atomic E-state index is 14.2. The minimum Gasteiger partial charge on any atom is -0.347 e. The molecule has 1 saturated carbocycles. The summed E-state index contributed by atoms with van der Waals surface area (Å²) in [7, 11) is 0. The molecule has 182 valence electrons. The Balaban J connectivity index is 4.19. The van der Waals surface area contributed by atoms with Crippen molar-refractivity contribution in [3.05, 3.63) is 0 Å². The first-order valence-corrected chi connectivity index (χ1v) is 9.59. The molecular weight excluding hydrogens is 422 g/mol. The van der Waals surface area contributed by atoms with E-state index in [-0.39, 0.29) is 0 Å². The summed E-state index contributed by atoms with van der Waals surface area (Å²) in [5, 5.41) is 90.6. The van der Waals surface area contributed by atoms with Crippen molar-refractivity contribution < 1.29 is 69.0 Å². The SMILES string of the molecule is CC1(C)CC(=O)C([N+](CO)(CO)CO)([N+](CO)(CO)CO)C(=O)C1[N+](CO)(CO)CO. The zero-order chi connectivity index (χ0) is 24.3. The molecular formula is C17H36N3O11+3. The van der Waals surface area contributed by atoms with Crippen LogP contribution in [0.5, 0.6) is 0 Å². The molecule has 0 radical (unpaired) electrons. The molecule has 9 N–H and O–H groups in total. The molecule has 0 heterocycles. The van der Waals surface area contributed by atoms with Crippen molar-refractivity contribution in [1.82, 2.24) is 0 Å². The zero-order valence-corrected chi connectivity index (χ0v) is 17.8. The maximum absolute atomic E-state index is 14.2. The molecule has 0 aliphatic heterocycles. The van der Waals surface area contributed by atoms with Crippen LogP contribution in [-0.2, 0) is 9.59 Å². The highest BCUT2D eigenvalue weighted by molar-refractivity contribution is 6.13. The van der Waals surface area contributed by atoms with E-state index in [1.807, 2.05) is 0 Å². The van der Waals surface area contributed by atoms with Gasteiger partial charge in [-0.25, -0.2) is 4.48 Å². The molecule has 1 aliphatic rings. The van der Waals surface area contributed by atoms with Crippen molar-refractivity contribution in [2.45, 2.75) is 32.0 Å². The van der Waals surface area contributed by atoms with Crippen LogP contribution in [0, 0.1) is 5.41 Å². The number of nitrogens with zero attached hydrogens (tertiary/aromatic N) is 3. The van der Waals surface area contributed by atoms with E-state index in [9.17, 15) is 55.5 Å². The van der Waals surface area contributed by atoms with Gasteiger partial charge in [0.25, 0.3) is 5.78 Å². The van der Waals surface area contributed by atoms with Crippen LogP contribution < -0.4 is 0 Å². The minimum atomic E-state index is -2.85. The van der Waals surface area contributed by atoms with E-state index < -0.39 is 109 Å². The van der Waals surface area contributed by atoms with E-state index in [0.717, 1.165) is 0 Å². The second-order valence-electron chi connectivity index (χ2n) is 8.81. The summed E-state index contributed by atoms with van der Waals surface area (Å²) in [6.45, 7) is -7.22. The highest BCUT2D eigenvalue weighted by Crippen LogP contribution is 2.49. The van der Waals surface area contributed by atoms with Gasteiger partial charge in [-0.05, 0) is 0 Å². The van der Waals surface area contributed by atoms with Gasteiger partial charge in [0, 0.05) is 11.8 Å². The fourth-order valence-electron chi connectivity index (χ4n) is 5.01. The Labute approximate surface area is 179 Å². The minimum absolute atomic E-state index is 0.511. The molecule has 1 aliphatic carbocycles. The first-order chi connectivity index (χ1) is 14.5. The Morgan fingerprint density at radius 2 is 1.00 bits per heavy atom. The van der Waals surface area contributed by atoms with E-state index >= 15 is 0 Å². The topological polar surface area (TPSA) is 216 Å². The number of ketones is 2. The van der Waals surface area contributed by atoms with Gasteiger partial charge >= 0.3 is 11.4 Å². The average molecular weight is 458 g/mol. The second kappa shape index (κ2) is 9.78. The molecule has 0 spiro atoms. The van der Waals surface area contributed by atoms with Gasteiger partial charge in [-0.15, -0.1) is 0 Å². The van der Waals surface area contributed by atoms with E-state index in [1.54, 1.807) is 0 Å². The van der Waals surface area contributed by atoms with Gasteiger partial charge < -0.3 is 46.0 Å². The molecule has 14 heteroatoms. The summed E-state index contributed by atoms with van der Waals surface area (Å²) < 4.78 is -4.02. The van der Waals surface area contributed by atoms with Crippen LogP contribution in [0.15, 0.2) is 0 Å². The molecule has 0 aromatic carbocycles. The van der Waals surface area contributed by atoms with E-state index in [1.165, 1.54) is 13.8 Å². The number of hydrogen-bond donors (Lipinski definition) is 9. The molecule has 0 aromatic rings. The van der Waals surface area contributed by atoms with Gasteiger partial charge in [-0.3, -0.25) is 9.59 Å². The van der Waals surface area contributed by atoms with Crippen LogP contribution in [0.4, 0.5) is 0 Å². The smallest absolute Gasteiger partial charge is 0.347 e. The van der Waals surface area contributed by atoms with Crippen LogP contribution in [0.3, 0.4) is 0 Å². The van der Waals surface area contributed by atoms with Crippen molar-refractivity contribution in [3.63, 3.8) is 0 Å². The molecule has 0 amide bonds. The van der Waals surface area contributed by atoms with Crippen molar-refractivity contribution in [2.24, 2.45) is 5.41 Å². The molecule has 14 nitrogen and oxygen atoms in total. The molecule has 0 bridgehead atoms. The first-order valence-electron chi connectivity index (χ1n) is 9.59. The van der Waals surface area contributed by atoms with Gasteiger partial charge in [0.2, 0.25) is 0 Å². The Bertz CT molecular complexity index is 600. The maximum Gasteiger partial charge on any atom is 0.362 e. The van der Waals surface area contributed by atoms with Gasteiger partial charge in [0.15, 0.2) is 66.6 Å². The summed E-state index contributed by atoms with van der Waals surface area (Å²) in [4.78, 5) is 27.8. The highest BCUT2D eigenvalue weighted by atomic mass is 16.4. The zero-order valence-electron chi connectivity index (χ0n) is 17.8. The van der Waals surface area contributed by atoms with Crippen molar-refractivity contribution in [2.75, 3.05) is 60.6 Å². The largest absolute Gasteiger partial charge is 0.362 e. The van der Waals surface area contributed by atoms with Crippen LogP contribution >= 0.6 is 0 Å². The molecule has 0 aromatic heterocycles. The Hall–Kier alpha value is -1.14. The third-order valence-electron chi connectivity index (χ3n) is 6.73. The van der Waals surface area contributed by atoms with E-state index in [0.29, 0.717) is 0 Å². The second-order valence-corrected chi connectivity index (χ2v) is 8.81. The predicted molar refractivity (Wildman–Crippen MR) is 99.5 cm³/mol. The molecule has 1 atom stereocenters. The standard InChI is InChI=1S/C17H36N3O11/c1-16(2)3-13(30)17(19(7-24,8-25)9-26,20(10-27,11-28)12-29)15(31)14(16)18(4-21,5-22)6-23/h14,21-29H,3-12H2,1-2H3/q+3. The van der Waals surface area contributed by atoms with Crippen LogP contribution in [0.25, 0.3) is 0 Å². The van der Waals surface area contributed by atoms with Gasteiger partial charge in [0.1, 0.15) is 0 Å². The van der Waals surface area contributed by atoms with Gasteiger partial charge in [-0.2, -0.15) is 8.97 Å². The fraction of sp³-hybridized carbons (Fsp3) is 0.882. The van der Waals surface area contributed by atoms with Crippen LogP contribution in [-0.4, -0.2) is 143 Å². The number of rotatable bonds is 12. The third-order valence-corrected chi connectivity index (χ3v) is 6.73. The van der Waals surface area contributed by atoms with Crippen molar-refractivity contribution in [1.29, 1.82) is 0 Å². The number of quaternary nitrogens is 3. The lowest BCUT2D eigenvalue weighted by Crippen LogP contribution is -2.91. The quantitative estimate of drug-likeness (QED) is 0.0764. The third kappa shape index (κ3) is 3.52. The average Bonchev–Trinajstić information content (AvgIpc) is 2.76.